The molecule has 0 aromatic rings. The highest BCUT2D eigenvalue weighted by molar-refractivity contribution is 5.66. The van der Waals surface area contributed by atoms with E-state index in [1.54, 1.807) is 6.08 Å². The first-order valence-electron chi connectivity index (χ1n) is 8.45. The second-order valence-corrected chi connectivity index (χ2v) is 5.73. The molecule has 22 heavy (non-hydrogen) atoms. The molecule has 0 fully saturated rings. The van der Waals surface area contributed by atoms with Crippen LogP contribution in [0.4, 0.5) is 0 Å². The summed E-state index contributed by atoms with van der Waals surface area (Å²) in [6.07, 6.45) is 14.6. The van der Waals surface area contributed by atoms with E-state index < -0.39 is 18.2 Å². The number of carboxylic acid groups (broad SMARTS) is 1. The van der Waals surface area contributed by atoms with E-state index in [1.165, 1.54) is 19.3 Å². The summed E-state index contributed by atoms with van der Waals surface area (Å²) in [5.41, 5.74) is 0. The summed E-state index contributed by atoms with van der Waals surface area (Å²) in [7, 11) is 0. The molecule has 0 aromatic heterocycles. The van der Waals surface area contributed by atoms with Gasteiger partial charge in [-0.3, -0.25) is 4.79 Å². The molecular formula is C18H32O4. The van der Waals surface area contributed by atoms with Gasteiger partial charge in [-0.05, 0) is 32.1 Å². The van der Waals surface area contributed by atoms with Crippen molar-refractivity contribution >= 4 is 5.97 Å². The molecule has 0 heterocycles. The highest BCUT2D eigenvalue weighted by Crippen LogP contribution is 2.10. The van der Waals surface area contributed by atoms with E-state index in [2.05, 4.69) is 19.1 Å². The van der Waals surface area contributed by atoms with Gasteiger partial charge < -0.3 is 15.3 Å². The predicted molar refractivity (Wildman–Crippen MR) is 89.8 cm³/mol. The van der Waals surface area contributed by atoms with Gasteiger partial charge in [0.05, 0.1) is 12.2 Å². The Morgan fingerprint density at radius 2 is 1.82 bits per heavy atom. The van der Waals surface area contributed by atoms with Crippen LogP contribution in [0.25, 0.3) is 0 Å². The van der Waals surface area contributed by atoms with E-state index in [0.717, 1.165) is 12.8 Å². The monoisotopic (exact) mass is 312 g/mol. The Morgan fingerprint density at radius 1 is 1.05 bits per heavy atom. The summed E-state index contributed by atoms with van der Waals surface area (Å²) in [6.45, 7) is 2.19. The van der Waals surface area contributed by atoms with Gasteiger partial charge in [-0.2, -0.15) is 0 Å². The lowest BCUT2D eigenvalue weighted by atomic mass is 10.0. The van der Waals surface area contributed by atoms with Crippen LogP contribution >= 0.6 is 0 Å². The first-order valence-corrected chi connectivity index (χ1v) is 8.45. The van der Waals surface area contributed by atoms with E-state index >= 15 is 0 Å². The minimum Gasteiger partial charge on any atom is -0.481 e. The second-order valence-electron chi connectivity index (χ2n) is 5.73. The molecule has 0 spiro atoms. The average molecular weight is 312 g/mol. The zero-order valence-electron chi connectivity index (χ0n) is 13.8. The van der Waals surface area contributed by atoms with Gasteiger partial charge in [0.25, 0.3) is 0 Å². The molecule has 0 aliphatic heterocycles. The van der Waals surface area contributed by atoms with Crippen molar-refractivity contribution in [1.82, 2.24) is 0 Å². The molecule has 3 N–H and O–H groups in total. The Balaban J connectivity index is 3.63. The first kappa shape index (κ1) is 20.9. The minimum atomic E-state index is -0.805. The maximum absolute atomic E-state index is 10.3. The van der Waals surface area contributed by atoms with Gasteiger partial charge in [0.2, 0.25) is 0 Å². The van der Waals surface area contributed by atoms with Gasteiger partial charge in [-0.1, -0.05) is 50.5 Å². The number of aliphatic hydroxyl groups is 2. The van der Waals surface area contributed by atoms with Crippen molar-refractivity contribution in [2.45, 2.75) is 83.3 Å². The number of carboxylic acids is 1. The van der Waals surface area contributed by atoms with E-state index in [-0.39, 0.29) is 6.42 Å². The predicted octanol–water partition coefficient (Wildman–Crippen LogP) is 3.83. The van der Waals surface area contributed by atoms with E-state index in [1.807, 2.05) is 6.08 Å². The van der Waals surface area contributed by atoms with Gasteiger partial charge in [-0.15, -0.1) is 0 Å². The molecule has 2 atom stereocenters. The Morgan fingerprint density at radius 3 is 2.50 bits per heavy atom. The topological polar surface area (TPSA) is 77.8 Å². The zero-order valence-corrected chi connectivity index (χ0v) is 13.8. The molecule has 0 rings (SSSR count). The van der Waals surface area contributed by atoms with Crippen molar-refractivity contribution in [2.24, 2.45) is 0 Å². The standard InChI is InChI=1S/C18H32O4/c1-2-3-4-5-6-7-8-9-12-16(19)15-17(20)13-10-11-14-18(21)22/h6-7,9,12,16-17,19-20H,2-5,8,10-11,13-15H2,1H3,(H,21,22). The van der Waals surface area contributed by atoms with Crippen molar-refractivity contribution in [3.8, 4) is 0 Å². The van der Waals surface area contributed by atoms with Gasteiger partial charge in [0.15, 0.2) is 0 Å². The van der Waals surface area contributed by atoms with Gasteiger partial charge in [-0.25, -0.2) is 0 Å². The lowest BCUT2D eigenvalue weighted by Crippen LogP contribution is -2.15. The molecule has 0 aliphatic rings. The lowest BCUT2D eigenvalue weighted by molar-refractivity contribution is -0.137. The summed E-state index contributed by atoms with van der Waals surface area (Å²) in [5, 5.41) is 28.0. The van der Waals surface area contributed by atoms with Crippen molar-refractivity contribution < 1.29 is 20.1 Å². The van der Waals surface area contributed by atoms with Crippen molar-refractivity contribution in [2.75, 3.05) is 0 Å². The molecule has 0 radical (unpaired) electrons. The van der Waals surface area contributed by atoms with Crippen molar-refractivity contribution in [3.63, 3.8) is 0 Å². The van der Waals surface area contributed by atoms with Crippen LogP contribution in [0.3, 0.4) is 0 Å². The van der Waals surface area contributed by atoms with Crippen molar-refractivity contribution in [3.05, 3.63) is 24.3 Å². The van der Waals surface area contributed by atoms with Crippen LogP contribution in [-0.4, -0.2) is 33.5 Å². The van der Waals surface area contributed by atoms with Crippen LogP contribution in [0.5, 0.6) is 0 Å². The quantitative estimate of drug-likeness (QED) is 0.336. The molecule has 128 valence electrons. The summed E-state index contributed by atoms with van der Waals surface area (Å²) in [6, 6.07) is 0. The Bertz CT molecular complexity index is 323. The minimum absolute atomic E-state index is 0.139. The zero-order chi connectivity index (χ0) is 16.6. The summed E-state index contributed by atoms with van der Waals surface area (Å²) in [5.74, 6) is -0.805. The third kappa shape index (κ3) is 15.3. The van der Waals surface area contributed by atoms with Crippen LogP contribution < -0.4 is 0 Å². The highest BCUT2D eigenvalue weighted by atomic mass is 16.4. The Hall–Kier alpha value is -1.13. The number of aliphatic carboxylic acids is 1. The van der Waals surface area contributed by atoms with Gasteiger partial charge >= 0.3 is 5.97 Å². The SMILES string of the molecule is CCCCCC=CCC=CC(O)CC(O)CCCCC(=O)O. The summed E-state index contributed by atoms with van der Waals surface area (Å²) >= 11 is 0. The fourth-order valence-corrected chi connectivity index (χ4v) is 2.17. The van der Waals surface area contributed by atoms with Crippen LogP contribution in [0.1, 0.15) is 71.1 Å². The number of hydrogen-bond donors (Lipinski definition) is 3. The number of rotatable bonds is 14. The summed E-state index contributed by atoms with van der Waals surface area (Å²) in [4.78, 5) is 10.3. The van der Waals surface area contributed by atoms with Gasteiger partial charge in [0.1, 0.15) is 0 Å². The van der Waals surface area contributed by atoms with E-state index in [4.69, 9.17) is 5.11 Å². The third-order valence-electron chi connectivity index (χ3n) is 3.46. The third-order valence-corrected chi connectivity index (χ3v) is 3.46. The Kier molecular flexibility index (Phi) is 14.0. The van der Waals surface area contributed by atoms with Crippen molar-refractivity contribution in [1.29, 1.82) is 0 Å². The first-order chi connectivity index (χ1) is 10.6. The van der Waals surface area contributed by atoms with E-state index in [0.29, 0.717) is 25.7 Å². The molecular weight excluding hydrogens is 280 g/mol. The molecule has 0 saturated heterocycles. The lowest BCUT2D eigenvalue weighted by Gasteiger charge is -2.12. The molecule has 0 aromatic carbocycles. The molecule has 0 saturated carbocycles. The van der Waals surface area contributed by atoms with Crippen LogP contribution in [-0.2, 0) is 4.79 Å². The number of unbranched alkanes of at least 4 members (excludes halogenated alkanes) is 4. The molecule has 2 unspecified atom stereocenters. The second kappa shape index (κ2) is 14.8. The smallest absolute Gasteiger partial charge is 0.303 e. The number of carbonyl (C=O) groups is 1. The largest absolute Gasteiger partial charge is 0.481 e. The fourth-order valence-electron chi connectivity index (χ4n) is 2.17. The Labute approximate surface area is 134 Å². The normalized spacial score (nSPS) is 14.7. The number of aliphatic hydroxyl groups excluding tert-OH is 2. The van der Waals surface area contributed by atoms with E-state index in [9.17, 15) is 15.0 Å². The number of allylic oxidation sites excluding steroid dienone is 3. The van der Waals surface area contributed by atoms with Crippen LogP contribution in [0.2, 0.25) is 0 Å². The summed E-state index contributed by atoms with van der Waals surface area (Å²) < 4.78 is 0. The molecule has 4 heteroatoms. The van der Waals surface area contributed by atoms with Crippen LogP contribution in [0, 0.1) is 0 Å². The molecule has 0 aliphatic carbocycles. The molecule has 4 nitrogen and oxygen atoms in total. The maximum atomic E-state index is 10.3. The maximum Gasteiger partial charge on any atom is 0.303 e. The highest BCUT2D eigenvalue weighted by Gasteiger charge is 2.09. The fraction of sp³-hybridized carbons (Fsp3) is 0.722. The average Bonchev–Trinajstić information content (AvgIpc) is 2.46. The van der Waals surface area contributed by atoms with Crippen LogP contribution in [0.15, 0.2) is 24.3 Å². The van der Waals surface area contributed by atoms with Gasteiger partial charge in [0, 0.05) is 12.8 Å². The molecule has 0 amide bonds. The molecule has 0 bridgehead atoms. The number of hydrogen-bond acceptors (Lipinski definition) is 3.